The average molecular weight is 577 g/mol. The van der Waals surface area contributed by atoms with Crippen LogP contribution in [0.25, 0.3) is 60.5 Å². The van der Waals surface area contributed by atoms with Crippen molar-refractivity contribution in [3.63, 3.8) is 0 Å². The first-order valence-corrected chi connectivity index (χ1v) is 15.6. The topological polar surface area (TPSA) is 6.48 Å². The van der Waals surface area contributed by atoms with E-state index in [1.165, 1.54) is 94.4 Å². The Bertz CT molecular complexity index is 2400. The number of nitrogens with zero attached hydrogens (tertiary/aromatic N) is 2. The van der Waals surface area contributed by atoms with Crippen LogP contribution in [-0.2, 0) is 0 Å². The summed E-state index contributed by atoms with van der Waals surface area (Å²) in [6.45, 7) is 6.71. The van der Waals surface area contributed by atoms with E-state index in [0.717, 1.165) is 5.57 Å². The van der Waals surface area contributed by atoms with Gasteiger partial charge in [0, 0.05) is 14.1 Å². The Morgan fingerprint density at radius 3 is 1.71 bits per heavy atom. The minimum atomic E-state index is 1.10. The van der Waals surface area contributed by atoms with Gasteiger partial charge in [-0.05, 0) is 109 Å². The molecule has 45 heavy (non-hydrogen) atoms. The fraction of sp³-hybridized carbons (Fsp3) is 0.0698. The van der Waals surface area contributed by atoms with Gasteiger partial charge in [-0.1, -0.05) is 109 Å². The molecule has 0 bridgehead atoms. The SMILES string of the molecule is C=C1c2ccccc2-c2ccc(-c3c4ccccc4c(-c4ccc5c(c4)N(C)c4ccccc4N5C)c4cc(C)ccc34)cc21. The van der Waals surface area contributed by atoms with Gasteiger partial charge < -0.3 is 9.80 Å². The van der Waals surface area contributed by atoms with E-state index in [-0.39, 0.29) is 0 Å². The molecule has 2 aliphatic rings. The molecule has 214 valence electrons. The zero-order valence-corrected chi connectivity index (χ0v) is 25.7. The summed E-state index contributed by atoms with van der Waals surface area (Å²) >= 11 is 0. The third-order valence-electron chi connectivity index (χ3n) is 9.95. The highest BCUT2D eigenvalue weighted by Gasteiger charge is 2.26. The zero-order valence-electron chi connectivity index (χ0n) is 25.7. The standard InChI is InChI=1S/C43H32N2/c1-26-17-20-35-37(23-26)43(29-19-22-40-41(25-29)45(4)39-16-10-9-15-38(39)44(40)3)34-14-8-7-13-33(34)42(35)28-18-21-32-31-12-6-5-11-30(31)27(2)36(32)24-28/h5-25H,2H2,1,3-4H3. The summed E-state index contributed by atoms with van der Waals surface area (Å²) in [5.74, 6) is 0. The van der Waals surface area contributed by atoms with Gasteiger partial charge in [-0.3, -0.25) is 0 Å². The summed E-state index contributed by atoms with van der Waals surface area (Å²) in [5, 5.41) is 5.07. The molecule has 0 spiro atoms. The predicted octanol–water partition coefficient (Wildman–Crippen LogP) is 11.5. The molecule has 1 heterocycles. The Labute approximate surface area is 264 Å². The van der Waals surface area contributed by atoms with Crippen LogP contribution in [0.5, 0.6) is 0 Å². The molecule has 0 saturated carbocycles. The van der Waals surface area contributed by atoms with Crippen LogP contribution in [0.15, 0.2) is 134 Å². The van der Waals surface area contributed by atoms with Gasteiger partial charge in [0.25, 0.3) is 0 Å². The first-order chi connectivity index (χ1) is 22.0. The second kappa shape index (κ2) is 9.45. The molecule has 7 aromatic rings. The van der Waals surface area contributed by atoms with E-state index in [2.05, 4.69) is 165 Å². The highest BCUT2D eigenvalue weighted by molar-refractivity contribution is 6.22. The average Bonchev–Trinajstić information content (AvgIpc) is 3.36. The van der Waals surface area contributed by atoms with E-state index in [4.69, 9.17) is 0 Å². The van der Waals surface area contributed by atoms with E-state index in [1.807, 2.05) is 0 Å². The van der Waals surface area contributed by atoms with Crippen LogP contribution < -0.4 is 9.80 Å². The Morgan fingerprint density at radius 1 is 0.422 bits per heavy atom. The largest absolute Gasteiger partial charge is 0.341 e. The first-order valence-electron chi connectivity index (χ1n) is 15.6. The number of para-hydroxylation sites is 2. The van der Waals surface area contributed by atoms with Crippen LogP contribution >= 0.6 is 0 Å². The first kappa shape index (κ1) is 25.9. The summed E-state index contributed by atoms with van der Waals surface area (Å²) in [6.07, 6.45) is 0. The van der Waals surface area contributed by atoms with Crippen molar-refractivity contribution >= 4 is 49.9 Å². The van der Waals surface area contributed by atoms with E-state index < -0.39 is 0 Å². The van der Waals surface area contributed by atoms with Crippen molar-refractivity contribution in [3.8, 4) is 33.4 Å². The molecule has 2 heteroatoms. The minimum absolute atomic E-state index is 1.10. The normalized spacial score (nSPS) is 13.2. The van der Waals surface area contributed by atoms with Crippen molar-refractivity contribution < 1.29 is 0 Å². The molecular formula is C43H32N2. The molecule has 0 saturated heterocycles. The predicted molar refractivity (Wildman–Crippen MR) is 193 cm³/mol. The number of aryl methyl sites for hydroxylation is 1. The number of rotatable bonds is 2. The van der Waals surface area contributed by atoms with Crippen molar-refractivity contribution in [1.29, 1.82) is 0 Å². The molecule has 7 aromatic carbocycles. The minimum Gasteiger partial charge on any atom is -0.341 e. The van der Waals surface area contributed by atoms with Gasteiger partial charge in [0.15, 0.2) is 0 Å². The van der Waals surface area contributed by atoms with Gasteiger partial charge >= 0.3 is 0 Å². The third kappa shape index (κ3) is 3.63. The van der Waals surface area contributed by atoms with E-state index in [0.29, 0.717) is 0 Å². The van der Waals surface area contributed by atoms with Gasteiger partial charge in [-0.2, -0.15) is 0 Å². The van der Waals surface area contributed by atoms with E-state index >= 15 is 0 Å². The zero-order chi connectivity index (χ0) is 30.4. The molecule has 0 radical (unpaired) electrons. The molecule has 9 rings (SSSR count). The van der Waals surface area contributed by atoms with E-state index in [9.17, 15) is 0 Å². The third-order valence-corrected chi connectivity index (χ3v) is 9.95. The van der Waals surface area contributed by atoms with Crippen LogP contribution in [0.2, 0.25) is 0 Å². The Hall–Kier alpha value is -5.60. The molecule has 0 atom stereocenters. The summed E-state index contributed by atoms with van der Waals surface area (Å²) in [4.78, 5) is 4.63. The fourth-order valence-electron chi connectivity index (χ4n) is 7.75. The monoisotopic (exact) mass is 576 g/mol. The summed E-state index contributed by atoms with van der Waals surface area (Å²) in [6, 6.07) is 47.0. The molecule has 0 amide bonds. The fourth-order valence-corrected chi connectivity index (χ4v) is 7.75. The van der Waals surface area contributed by atoms with Gasteiger partial charge in [0.1, 0.15) is 0 Å². The quantitative estimate of drug-likeness (QED) is 0.189. The smallest absolute Gasteiger partial charge is 0.0656 e. The molecule has 0 fully saturated rings. The van der Waals surface area contributed by atoms with Crippen LogP contribution in [0.4, 0.5) is 22.7 Å². The maximum absolute atomic E-state index is 4.51. The lowest BCUT2D eigenvalue weighted by molar-refractivity contribution is 1.10. The summed E-state index contributed by atoms with van der Waals surface area (Å²) < 4.78 is 0. The number of hydrogen-bond donors (Lipinski definition) is 0. The summed E-state index contributed by atoms with van der Waals surface area (Å²) in [7, 11) is 4.34. The Balaban J connectivity index is 1.30. The number of fused-ring (bicyclic) bond motifs is 7. The van der Waals surface area contributed by atoms with Gasteiger partial charge in [-0.15, -0.1) is 0 Å². The molecule has 1 aliphatic carbocycles. The van der Waals surface area contributed by atoms with Crippen LogP contribution in [0.3, 0.4) is 0 Å². The Morgan fingerprint density at radius 2 is 0.956 bits per heavy atom. The van der Waals surface area contributed by atoms with Crippen molar-refractivity contribution in [1.82, 2.24) is 0 Å². The molecule has 2 nitrogen and oxygen atoms in total. The number of benzene rings is 7. The maximum atomic E-state index is 4.51. The van der Waals surface area contributed by atoms with Crippen molar-refractivity contribution in [2.24, 2.45) is 0 Å². The molecule has 0 N–H and O–H groups in total. The van der Waals surface area contributed by atoms with Crippen LogP contribution in [-0.4, -0.2) is 14.1 Å². The van der Waals surface area contributed by atoms with Crippen molar-refractivity contribution in [2.45, 2.75) is 6.92 Å². The maximum Gasteiger partial charge on any atom is 0.0656 e. The second-order valence-corrected chi connectivity index (χ2v) is 12.4. The second-order valence-electron chi connectivity index (χ2n) is 12.4. The summed E-state index contributed by atoms with van der Waals surface area (Å²) in [5.41, 5.74) is 17.2. The van der Waals surface area contributed by atoms with Gasteiger partial charge in [0.2, 0.25) is 0 Å². The highest BCUT2D eigenvalue weighted by atomic mass is 15.2. The van der Waals surface area contributed by atoms with Crippen LogP contribution in [0, 0.1) is 6.92 Å². The molecule has 0 unspecified atom stereocenters. The van der Waals surface area contributed by atoms with Gasteiger partial charge in [0.05, 0.1) is 22.7 Å². The molecule has 1 aliphatic heterocycles. The Kier molecular flexibility index (Phi) is 5.43. The lowest BCUT2D eigenvalue weighted by Crippen LogP contribution is -2.24. The lowest BCUT2D eigenvalue weighted by atomic mass is 9.84. The van der Waals surface area contributed by atoms with Crippen molar-refractivity contribution in [2.75, 3.05) is 23.9 Å². The lowest BCUT2D eigenvalue weighted by Gasteiger charge is -2.36. The van der Waals surface area contributed by atoms with Crippen LogP contribution in [0.1, 0.15) is 16.7 Å². The van der Waals surface area contributed by atoms with E-state index in [1.54, 1.807) is 0 Å². The highest BCUT2D eigenvalue weighted by Crippen LogP contribution is 2.51. The molecular weight excluding hydrogens is 544 g/mol. The number of anilines is 4. The molecule has 0 aromatic heterocycles. The van der Waals surface area contributed by atoms with Crippen molar-refractivity contribution in [3.05, 3.63) is 151 Å². The number of hydrogen-bond acceptors (Lipinski definition) is 2. The van der Waals surface area contributed by atoms with Gasteiger partial charge in [-0.25, -0.2) is 0 Å².